The molecule has 0 unspecified atom stereocenters. The molecule has 0 N–H and O–H groups in total. The summed E-state index contributed by atoms with van der Waals surface area (Å²) in [5, 5.41) is 31.4. The Morgan fingerprint density at radius 3 is 1.20 bits per heavy atom. The van der Waals surface area contributed by atoms with Gasteiger partial charge in [0.25, 0.3) is 0 Å². The summed E-state index contributed by atoms with van der Waals surface area (Å²) < 4.78 is 0. The molecule has 0 saturated heterocycles. The molecule has 0 aliphatic heterocycles. The van der Waals surface area contributed by atoms with E-state index in [1.165, 1.54) is 0 Å². The Balaban J connectivity index is -0.0000000300. The van der Waals surface area contributed by atoms with Crippen molar-refractivity contribution in [1.82, 2.24) is 0 Å². The van der Waals surface area contributed by atoms with Gasteiger partial charge in [0.05, 0.1) is 5.09 Å². The maximum Gasteiger partial charge on any atom is 2.00 e. The standard InChI is InChI=1S/CH2O3.Ag.Mn.NO3/c2-1(3)4;;;2-1(3)4/h(H2,2,3,4);;;/q;+1;+2;-1/p-2. The van der Waals surface area contributed by atoms with Gasteiger partial charge in [-0.15, -0.1) is 0 Å². The molecule has 0 rings (SSSR count). The monoisotopic (exact) mass is 284 g/mol. The minimum absolute atomic E-state index is 0. The van der Waals surface area contributed by atoms with Crippen LogP contribution in [0.1, 0.15) is 0 Å². The van der Waals surface area contributed by atoms with Crippen LogP contribution in [-0.2, 0) is 39.4 Å². The molecule has 0 aromatic heterocycles. The van der Waals surface area contributed by atoms with Gasteiger partial charge in [0, 0.05) is 0 Å². The molecule has 9 heteroatoms. The summed E-state index contributed by atoms with van der Waals surface area (Å²) in [6.07, 6.45) is -2.33. The van der Waals surface area contributed by atoms with E-state index in [9.17, 15) is 0 Å². The number of carboxylic acid groups (broad SMARTS) is 2. The Bertz CT molecular complexity index is 75.7. The molecule has 0 bridgehead atoms. The summed E-state index contributed by atoms with van der Waals surface area (Å²) in [5.41, 5.74) is 0. The van der Waals surface area contributed by atoms with Gasteiger partial charge in [-0.2, -0.15) is 0 Å². The fourth-order valence-corrected chi connectivity index (χ4v) is 0. The van der Waals surface area contributed by atoms with E-state index in [-0.39, 0.29) is 39.4 Å². The van der Waals surface area contributed by atoms with Crippen molar-refractivity contribution in [3.63, 3.8) is 0 Å². The van der Waals surface area contributed by atoms with Crippen LogP contribution < -0.4 is 10.2 Å². The number of rotatable bonds is 0. The van der Waals surface area contributed by atoms with E-state index in [0.717, 1.165) is 0 Å². The largest absolute Gasteiger partial charge is 2.00 e. The van der Waals surface area contributed by atoms with Crippen LogP contribution in [-0.4, -0.2) is 11.2 Å². The number of hydrogen-bond acceptors (Lipinski definition) is 6. The average Bonchev–Trinajstić information content (AvgIpc) is 1.25. The molecular weight excluding hydrogens is 285 g/mol. The number of carbonyl (C=O) groups excluding carboxylic acids is 1. The molecule has 0 aromatic rings. The van der Waals surface area contributed by atoms with Crippen LogP contribution in [0, 0.1) is 15.3 Å². The van der Waals surface area contributed by atoms with E-state index in [2.05, 4.69) is 0 Å². The van der Waals surface area contributed by atoms with E-state index in [0.29, 0.717) is 0 Å². The second kappa shape index (κ2) is 15.9. The molecular formula is CAgMnNO6. The van der Waals surface area contributed by atoms with Crippen molar-refractivity contribution >= 4 is 6.16 Å². The predicted octanol–water partition coefficient (Wildman–Crippen LogP) is -2.69. The first-order chi connectivity index (χ1) is 3.46. The first-order valence-corrected chi connectivity index (χ1v) is 1.16. The number of nitrogens with zero attached hydrogens (tertiary/aromatic N) is 1. The summed E-state index contributed by atoms with van der Waals surface area (Å²) in [4.78, 5) is 16.6. The van der Waals surface area contributed by atoms with Gasteiger partial charge in [0.1, 0.15) is 0 Å². The molecule has 63 valence electrons. The molecule has 0 saturated carbocycles. The molecule has 0 fully saturated rings. The first kappa shape index (κ1) is 22.6. The Labute approximate surface area is 81.1 Å². The molecule has 0 amide bonds. The van der Waals surface area contributed by atoms with E-state index in [1.54, 1.807) is 0 Å². The van der Waals surface area contributed by atoms with Crippen LogP contribution >= 0.6 is 0 Å². The summed E-state index contributed by atoms with van der Waals surface area (Å²) in [5.74, 6) is 0. The van der Waals surface area contributed by atoms with Crippen molar-refractivity contribution in [1.29, 1.82) is 0 Å². The maximum atomic E-state index is 8.33. The molecule has 1 radical (unpaired) electrons. The average molecular weight is 285 g/mol. The molecule has 0 aliphatic carbocycles. The van der Waals surface area contributed by atoms with Gasteiger partial charge in [-0.25, -0.2) is 0 Å². The van der Waals surface area contributed by atoms with E-state index >= 15 is 0 Å². The second-order valence-electron chi connectivity index (χ2n) is 0.474. The van der Waals surface area contributed by atoms with Gasteiger partial charge in [-0.05, 0) is 6.16 Å². The van der Waals surface area contributed by atoms with Crippen molar-refractivity contribution in [2.75, 3.05) is 0 Å². The zero-order valence-electron chi connectivity index (χ0n) is 4.08. The summed E-state index contributed by atoms with van der Waals surface area (Å²) in [7, 11) is 0. The Morgan fingerprint density at radius 1 is 1.20 bits per heavy atom. The van der Waals surface area contributed by atoms with Gasteiger partial charge < -0.3 is 30.3 Å². The van der Waals surface area contributed by atoms with Crippen LogP contribution in [0.15, 0.2) is 0 Å². The molecule has 10 heavy (non-hydrogen) atoms. The maximum absolute atomic E-state index is 8.33. The number of hydrogen-bond donors (Lipinski definition) is 0. The van der Waals surface area contributed by atoms with E-state index < -0.39 is 11.2 Å². The van der Waals surface area contributed by atoms with Crippen molar-refractivity contribution in [2.45, 2.75) is 0 Å². The van der Waals surface area contributed by atoms with Crippen LogP contribution in [0.4, 0.5) is 4.79 Å². The summed E-state index contributed by atoms with van der Waals surface area (Å²) in [6, 6.07) is 0. The van der Waals surface area contributed by atoms with Gasteiger partial charge in [-0.3, -0.25) is 0 Å². The topological polar surface area (TPSA) is 129 Å². The van der Waals surface area contributed by atoms with Gasteiger partial charge in [-0.1, -0.05) is 0 Å². The SMILES string of the molecule is O=C([O-])[O-].O=[N+]([O-])[O-].[Ag+].[Mn+2]. The Morgan fingerprint density at radius 2 is 1.20 bits per heavy atom. The Hall–Kier alpha value is -0.270. The molecule has 7 nitrogen and oxygen atoms in total. The molecule has 0 aromatic carbocycles. The predicted molar refractivity (Wildman–Crippen MR) is 15.8 cm³/mol. The third-order valence-electron chi connectivity index (χ3n) is 0. The van der Waals surface area contributed by atoms with Crippen LogP contribution in [0.2, 0.25) is 0 Å². The fourth-order valence-electron chi connectivity index (χ4n) is 0. The third-order valence-corrected chi connectivity index (χ3v) is 0. The smallest absolute Gasteiger partial charge is 0.652 e. The molecule has 0 heterocycles. The molecule has 0 spiro atoms. The Kier molecular flexibility index (Phi) is 35.9. The van der Waals surface area contributed by atoms with Gasteiger partial charge in [0.15, 0.2) is 0 Å². The van der Waals surface area contributed by atoms with Crippen molar-refractivity contribution in [2.24, 2.45) is 0 Å². The minimum Gasteiger partial charge on any atom is -0.652 e. The number of carbonyl (C=O) groups is 1. The van der Waals surface area contributed by atoms with Crippen molar-refractivity contribution in [3.8, 4) is 0 Å². The summed E-state index contributed by atoms with van der Waals surface area (Å²) >= 11 is 0. The quantitative estimate of drug-likeness (QED) is 0.270. The second-order valence-corrected chi connectivity index (χ2v) is 0.474. The molecule has 0 atom stereocenters. The van der Waals surface area contributed by atoms with E-state index in [4.69, 9.17) is 30.3 Å². The van der Waals surface area contributed by atoms with Crippen LogP contribution in [0.3, 0.4) is 0 Å². The van der Waals surface area contributed by atoms with Crippen LogP contribution in [0.5, 0.6) is 0 Å². The normalized spacial score (nSPS) is 4.80. The van der Waals surface area contributed by atoms with Gasteiger partial charge in [0.2, 0.25) is 0 Å². The summed E-state index contributed by atoms with van der Waals surface area (Å²) in [6.45, 7) is 0. The van der Waals surface area contributed by atoms with Gasteiger partial charge >= 0.3 is 39.4 Å². The van der Waals surface area contributed by atoms with Crippen LogP contribution in [0.25, 0.3) is 0 Å². The zero-order chi connectivity index (χ0) is 7.15. The zero-order valence-corrected chi connectivity index (χ0v) is 6.74. The van der Waals surface area contributed by atoms with Crippen molar-refractivity contribution < 1.29 is 59.5 Å². The third kappa shape index (κ3) is 4790. The first-order valence-electron chi connectivity index (χ1n) is 1.16. The molecule has 0 aliphatic rings. The fraction of sp³-hybridized carbons (Fsp3) is 0. The minimum atomic E-state index is -2.33. The van der Waals surface area contributed by atoms with E-state index in [1.807, 2.05) is 0 Å². The van der Waals surface area contributed by atoms with Crippen molar-refractivity contribution in [3.05, 3.63) is 15.3 Å².